The monoisotopic (exact) mass is 257 g/mol. The lowest BCUT2D eigenvalue weighted by Gasteiger charge is -2.33. The Morgan fingerprint density at radius 2 is 1.94 bits per heavy atom. The van der Waals surface area contributed by atoms with E-state index in [2.05, 4.69) is 13.0 Å². The van der Waals surface area contributed by atoms with E-state index in [0.29, 0.717) is 6.42 Å². The first-order chi connectivity index (χ1) is 7.93. The van der Waals surface area contributed by atoms with Crippen molar-refractivity contribution in [3.63, 3.8) is 0 Å². The Kier molecular flexibility index (Phi) is 5.00. The summed E-state index contributed by atoms with van der Waals surface area (Å²) in [5.74, 6) is 1.17. The molecule has 0 aromatic carbocycles. The van der Waals surface area contributed by atoms with E-state index in [1.54, 1.807) is 6.92 Å². The van der Waals surface area contributed by atoms with Gasteiger partial charge in [-0.15, -0.1) is 0 Å². The number of sulfone groups is 1. The Morgan fingerprint density at radius 1 is 1.35 bits per heavy atom. The maximum atomic E-state index is 11.4. The highest BCUT2D eigenvalue weighted by atomic mass is 32.2. The van der Waals surface area contributed by atoms with Crippen LogP contribution in [0, 0.1) is 22.7 Å². The molecule has 4 heteroatoms. The zero-order chi connectivity index (χ0) is 12.9. The zero-order valence-electron chi connectivity index (χ0n) is 10.9. The van der Waals surface area contributed by atoms with Gasteiger partial charge < -0.3 is 0 Å². The summed E-state index contributed by atoms with van der Waals surface area (Å²) >= 11 is 0. The number of rotatable bonds is 5. The summed E-state index contributed by atoms with van der Waals surface area (Å²) < 4.78 is 22.8. The zero-order valence-corrected chi connectivity index (χ0v) is 11.7. The molecule has 1 fully saturated rings. The Bertz CT molecular complexity index is 373. The van der Waals surface area contributed by atoms with E-state index in [9.17, 15) is 13.7 Å². The van der Waals surface area contributed by atoms with Crippen molar-refractivity contribution in [3.05, 3.63) is 0 Å². The van der Waals surface area contributed by atoms with Gasteiger partial charge in [0.15, 0.2) is 0 Å². The summed E-state index contributed by atoms with van der Waals surface area (Å²) in [6.07, 6.45) is 5.48. The minimum atomic E-state index is -2.88. The molecule has 0 unspecified atom stereocenters. The Morgan fingerprint density at radius 3 is 2.41 bits per heavy atom. The van der Waals surface area contributed by atoms with E-state index in [1.807, 2.05) is 0 Å². The first-order valence-electron chi connectivity index (χ1n) is 6.55. The third-order valence-electron chi connectivity index (χ3n) is 4.02. The predicted molar refractivity (Wildman–Crippen MR) is 69.2 cm³/mol. The van der Waals surface area contributed by atoms with E-state index in [1.165, 1.54) is 0 Å². The fraction of sp³-hybridized carbons (Fsp3) is 0.923. The molecule has 0 aromatic rings. The predicted octanol–water partition coefficient (Wildman–Crippen LogP) is 2.92. The van der Waals surface area contributed by atoms with Crippen LogP contribution in [0.15, 0.2) is 0 Å². The van der Waals surface area contributed by atoms with Gasteiger partial charge in [-0.05, 0) is 44.4 Å². The van der Waals surface area contributed by atoms with Gasteiger partial charge in [0.05, 0.1) is 17.2 Å². The molecule has 0 atom stereocenters. The van der Waals surface area contributed by atoms with E-state index in [4.69, 9.17) is 0 Å². The molecule has 1 aliphatic carbocycles. The molecule has 0 N–H and O–H groups in total. The van der Waals surface area contributed by atoms with Crippen LogP contribution in [0.25, 0.3) is 0 Å². The summed E-state index contributed by atoms with van der Waals surface area (Å²) in [6, 6.07) is 2.45. The second-order valence-electron chi connectivity index (χ2n) is 5.41. The van der Waals surface area contributed by atoms with Crippen LogP contribution < -0.4 is 0 Å². The largest absolute Gasteiger partial charge is 0.229 e. The molecule has 0 aliphatic heterocycles. The van der Waals surface area contributed by atoms with Crippen LogP contribution in [0.3, 0.4) is 0 Å². The van der Waals surface area contributed by atoms with Gasteiger partial charge in [0.25, 0.3) is 0 Å². The molecule has 17 heavy (non-hydrogen) atoms. The van der Waals surface area contributed by atoms with Crippen molar-refractivity contribution in [3.8, 4) is 6.07 Å². The molecule has 3 nitrogen and oxygen atoms in total. The van der Waals surface area contributed by atoms with Crippen LogP contribution in [0.5, 0.6) is 0 Å². The molecule has 98 valence electrons. The van der Waals surface area contributed by atoms with Gasteiger partial charge in [-0.25, -0.2) is 8.42 Å². The summed E-state index contributed by atoms with van der Waals surface area (Å²) in [5.41, 5.74) is -0.240. The Balaban J connectivity index is 2.46. The second-order valence-corrected chi connectivity index (χ2v) is 7.89. The average Bonchev–Trinajstić information content (AvgIpc) is 2.32. The molecule has 1 saturated carbocycles. The van der Waals surface area contributed by atoms with Gasteiger partial charge >= 0.3 is 0 Å². The van der Waals surface area contributed by atoms with Crippen molar-refractivity contribution < 1.29 is 8.42 Å². The molecule has 0 amide bonds. The molecule has 1 aliphatic rings. The molecule has 1 rings (SSSR count). The summed E-state index contributed by atoms with van der Waals surface area (Å²) in [7, 11) is -2.88. The van der Waals surface area contributed by atoms with Gasteiger partial charge in [0.2, 0.25) is 0 Å². The Hall–Kier alpha value is -0.560. The van der Waals surface area contributed by atoms with Crippen molar-refractivity contribution >= 4 is 9.84 Å². The molecular weight excluding hydrogens is 234 g/mol. The standard InChI is InChI=1S/C13H23NO2S/c1-3-17(15,16)10-4-7-13(11-14)8-5-12(2)6-9-13/h12H,3-10H2,1-2H3. The highest BCUT2D eigenvalue weighted by Crippen LogP contribution is 2.41. The van der Waals surface area contributed by atoms with Crippen LogP contribution in [-0.4, -0.2) is 19.9 Å². The topological polar surface area (TPSA) is 57.9 Å². The van der Waals surface area contributed by atoms with Crippen molar-refractivity contribution in [2.75, 3.05) is 11.5 Å². The fourth-order valence-electron chi connectivity index (χ4n) is 2.51. The molecule has 0 heterocycles. The highest BCUT2D eigenvalue weighted by molar-refractivity contribution is 7.91. The van der Waals surface area contributed by atoms with Crippen LogP contribution >= 0.6 is 0 Å². The second kappa shape index (κ2) is 5.86. The fourth-order valence-corrected chi connectivity index (χ4v) is 3.38. The number of nitriles is 1. The van der Waals surface area contributed by atoms with E-state index in [0.717, 1.165) is 38.0 Å². The molecule has 0 radical (unpaired) electrons. The lowest BCUT2D eigenvalue weighted by molar-refractivity contribution is 0.205. The molecule has 0 bridgehead atoms. The summed E-state index contributed by atoms with van der Waals surface area (Å²) in [6.45, 7) is 3.90. The van der Waals surface area contributed by atoms with Crippen molar-refractivity contribution in [2.24, 2.45) is 11.3 Å². The van der Waals surface area contributed by atoms with Gasteiger partial charge in [-0.1, -0.05) is 13.8 Å². The van der Waals surface area contributed by atoms with Crippen LogP contribution in [0.1, 0.15) is 52.4 Å². The SMILES string of the molecule is CCS(=O)(=O)CCCC1(C#N)CCC(C)CC1. The van der Waals surface area contributed by atoms with Crippen molar-refractivity contribution in [1.82, 2.24) is 0 Å². The minimum Gasteiger partial charge on any atom is -0.229 e. The molecular formula is C13H23NO2S. The lowest BCUT2D eigenvalue weighted by Crippen LogP contribution is -2.26. The van der Waals surface area contributed by atoms with Gasteiger partial charge in [0.1, 0.15) is 9.84 Å². The third-order valence-corrected chi connectivity index (χ3v) is 5.81. The summed E-state index contributed by atoms with van der Waals surface area (Å²) in [4.78, 5) is 0. The van der Waals surface area contributed by atoms with Crippen molar-refractivity contribution in [2.45, 2.75) is 52.4 Å². The van der Waals surface area contributed by atoms with Crippen molar-refractivity contribution in [1.29, 1.82) is 5.26 Å². The van der Waals surface area contributed by atoms with Crippen LogP contribution in [0.2, 0.25) is 0 Å². The molecule has 0 aromatic heterocycles. The van der Waals surface area contributed by atoms with E-state index < -0.39 is 9.84 Å². The molecule has 0 saturated heterocycles. The minimum absolute atomic E-state index is 0.212. The maximum Gasteiger partial charge on any atom is 0.150 e. The first kappa shape index (κ1) is 14.5. The third kappa shape index (κ3) is 4.31. The normalized spacial score (nSPS) is 29.8. The molecule has 0 spiro atoms. The highest BCUT2D eigenvalue weighted by Gasteiger charge is 2.33. The lowest BCUT2D eigenvalue weighted by atomic mass is 9.69. The number of hydrogen-bond donors (Lipinski definition) is 0. The van der Waals surface area contributed by atoms with Crippen LogP contribution in [-0.2, 0) is 9.84 Å². The van der Waals surface area contributed by atoms with E-state index in [-0.39, 0.29) is 16.9 Å². The van der Waals surface area contributed by atoms with Gasteiger partial charge in [-0.2, -0.15) is 5.26 Å². The number of hydrogen-bond acceptors (Lipinski definition) is 3. The summed E-state index contributed by atoms with van der Waals surface area (Å²) in [5, 5.41) is 9.31. The Labute approximate surface area is 105 Å². The van der Waals surface area contributed by atoms with E-state index >= 15 is 0 Å². The quantitative estimate of drug-likeness (QED) is 0.761. The van der Waals surface area contributed by atoms with Gasteiger partial charge in [0, 0.05) is 5.75 Å². The van der Waals surface area contributed by atoms with Gasteiger partial charge in [-0.3, -0.25) is 0 Å². The smallest absolute Gasteiger partial charge is 0.150 e. The average molecular weight is 257 g/mol. The first-order valence-corrected chi connectivity index (χ1v) is 8.37. The maximum absolute atomic E-state index is 11.4. The number of nitrogens with zero attached hydrogens (tertiary/aromatic N) is 1. The van der Waals surface area contributed by atoms with Crippen LogP contribution in [0.4, 0.5) is 0 Å².